The Labute approximate surface area is 107 Å². The molecule has 1 aromatic rings. The van der Waals surface area contributed by atoms with Crippen molar-refractivity contribution in [2.24, 2.45) is 0 Å². The number of hydrogen-bond donors (Lipinski definition) is 0. The van der Waals surface area contributed by atoms with E-state index in [1.54, 1.807) is 13.8 Å². The van der Waals surface area contributed by atoms with Crippen LogP contribution in [0.25, 0.3) is 0 Å². The number of esters is 1. The third-order valence-corrected chi connectivity index (χ3v) is 3.12. The summed E-state index contributed by atoms with van der Waals surface area (Å²) in [5, 5.41) is 1.51. The van der Waals surface area contributed by atoms with E-state index >= 15 is 0 Å². The van der Waals surface area contributed by atoms with Gasteiger partial charge in [-0.3, -0.25) is 0 Å². The first-order valence-corrected chi connectivity index (χ1v) is 6.82. The molecule has 0 amide bonds. The van der Waals surface area contributed by atoms with Crippen LogP contribution in [0.5, 0.6) is 0 Å². The molecule has 1 heterocycles. The maximum atomic E-state index is 11.5. The van der Waals surface area contributed by atoms with E-state index in [0.717, 1.165) is 11.8 Å². The highest BCUT2D eigenvalue weighted by Crippen LogP contribution is 2.18. The molecular weight excluding hydrogens is 290 g/mol. The molecule has 1 rings (SSSR count). The molecule has 0 atom stereocenters. The molecule has 0 radical (unpaired) electrons. The topological polar surface area (TPSA) is 39.2 Å². The number of aromatic nitrogens is 1. The molecule has 3 nitrogen and oxygen atoms in total. The number of halogens is 1. The molecule has 0 aliphatic rings. The van der Waals surface area contributed by atoms with Crippen LogP contribution in [0.4, 0.5) is 0 Å². The summed E-state index contributed by atoms with van der Waals surface area (Å²) in [7, 11) is 0. The van der Waals surface area contributed by atoms with Gasteiger partial charge in [-0.2, -0.15) is 0 Å². The average Bonchev–Trinajstić information content (AvgIpc) is 2.61. The molecule has 16 heavy (non-hydrogen) atoms. The summed E-state index contributed by atoms with van der Waals surface area (Å²) in [6.45, 7) is 3.95. The Morgan fingerprint density at radius 1 is 1.62 bits per heavy atom. The van der Waals surface area contributed by atoms with Crippen molar-refractivity contribution in [2.45, 2.75) is 20.3 Å². The molecule has 0 bridgehead atoms. The van der Waals surface area contributed by atoms with Gasteiger partial charge in [-0.25, -0.2) is 9.78 Å². The van der Waals surface area contributed by atoms with Crippen LogP contribution in [0.15, 0.2) is 0 Å². The Bertz CT molecular complexity index is 431. The number of carbonyl (C=O) groups is 1. The van der Waals surface area contributed by atoms with E-state index in [9.17, 15) is 4.79 Å². The Hall–Kier alpha value is -0.860. The Morgan fingerprint density at radius 2 is 2.38 bits per heavy atom. The minimum absolute atomic E-state index is 0.314. The van der Waals surface area contributed by atoms with Crippen molar-refractivity contribution in [2.75, 3.05) is 11.9 Å². The lowest BCUT2D eigenvalue weighted by atomic mass is 10.4. The summed E-state index contributed by atoms with van der Waals surface area (Å²) in [6.07, 6.45) is 0.771. The van der Waals surface area contributed by atoms with Crippen LogP contribution in [0.1, 0.15) is 33.7 Å². The smallest absolute Gasteiger partial charge is 0.350 e. The van der Waals surface area contributed by atoms with Crippen LogP contribution in [0, 0.1) is 18.8 Å². The van der Waals surface area contributed by atoms with Crippen molar-refractivity contribution >= 4 is 33.2 Å². The number of ether oxygens (including phenoxy) is 1. The second kappa shape index (κ2) is 6.66. The molecule has 0 N–H and O–H groups in total. The Balaban J connectivity index is 2.82. The summed E-state index contributed by atoms with van der Waals surface area (Å²) in [4.78, 5) is 16.3. The number of nitrogens with zero attached hydrogens (tertiary/aromatic N) is 1. The van der Waals surface area contributed by atoms with Gasteiger partial charge in [-0.15, -0.1) is 0 Å². The fourth-order valence-corrected chi connectivity index (χ4v) is 2.05. The van der Waals surface area contributed by atoms with Crippen molar-refractivity contribution in [3.63, 3.8) is 0 Å². The van der Waals surface area contributed by atoms with E-state index in [4.69, 9.17) is 4.74 Å². The number of thiazole rings is 1. The van der Waals surface area contributed by atoms with Gasteiger partial charge in [0, 0.05) is 11.8 Å². The number of aryl methyl sites for hydroxylation is 1. The summed E-state index contributed by atoms with van der Waals surface area (Å²) in [5.74, 6) is 5.57. The van der Waals surface area contributed by atoms with Crippen LogP contribution in [0.3, 0.4) is 0 Å². The molecule has 86 valence electrons. The van der Waals surface area contributed by atoms with E-state index in [2.05, 4.69) is 32.8 Å². The normalized spacial score (nSPS) is 9.44. The third kappa shape index (κ3) is 3.62. The predicted octanol–water partition coefficient (Wildman–Crippen LogP) is 2.76. The maximum Gasteiger partial charge on any atom is 0.350 e. The van der Waals surface area contributed by atoms with Crippen molar-refractivity contribution < 1.29 is 9.53 Å². The zero-order valence-corrected chi connectivity index (χ0v) is 11.6. The minimum atomic E-state index is -0.314. The van der Waals surface area contributed by atoms with Gasteiger partial charge in [-0.1, -0.05) is 33.2 Å². The molecule has 0 fully saturated rings. The van der Waals surface area contributed by atoms with E-state index in [1.165, 1.54) is 11.3 Å². The van der Waals surface area contributed by atoms with Gasteiger partial charge in [0.05, 0.1) is 12.3 Å². The van der Waals surface area contributed by atoms with Gasteiger partial charge < -0.3 is 4.74 Å². The van der Waals surface area contributed by atoms with Crippen molar-refractivity contribution in [1.29, 1.82) is 0 Å². The Kier molecular flexibility index (Phi) is 5.50. The summed E-state index contributed by atoms with van der Waals surface area (Å²) in [5.41, 5.74) is 0.687. The van der Waals surface area contributed by atoms with E-state index < -0.39 is 0 Å². The van der Waals surface area contributed by atoms with E-state index in [1.807, 2.05) is 0 Å². The molecule has 0 saturated carbocycles. The Morgan fingerprint density at radius 3 is 3.00 bits per heavy atom. The first-order valence-electron chi connectivity index (χ1n) is 4.88. The van der Waals surface area contributed by atoms with Crippen molar-refractivity contribution in [1.82, 2.24) is 4.98 Å². The van der Waals surface area contributed by atoms with Crippen LogP contribution < -0.4 is 0 Å². The fraction of sp³-hybridized carbons (Fsp3) is 0.455. The van der Waals surface area contributed by atoms with Crippen LogP contribution in [-0.2, 0) is 4.74 Å². The number of hydrogen-bond acceptors (Lipinski definition) is 4. The van der Waals surface area contributed by atoms with Gasteiger partial charge in [0.1, 0.15) is 4.88 Å². The van der Waals surface area contributed by atoms with Crippen molar-refractivity contribution in [3.8, 4) is 11.8 Å². The minimum Gasteiger partial charge on any atom is -0.462 e. The highest BCUT2D eigenvalue weighted by atomic mass is 79.9. The third-order valence-electron chi connectivity index (χ3n) is 1.67. The van der Waals surface area contributed by atoms with Crippen molar-refractivity contribution in [3.05, 3.63) is 15.6 Å². The lowest BCUT2D eigenvalue weighted by Crippen LogP contribution is -2.03. The van der Waals surface area contributed by atoms with Crippen LogP contribution in [0.2, 0.25) is 0 Å². The van der Waals surface area contributed by atoms with Gasteiger partial charge in [0.25, 0.3) is 0 Å². The molecule has 5 heteroatoms. The second-order valence-corrected chi connectivity index (χ2v) is 4.69. The van der Waals surface area contributed by atoms with E-state index in [-0.39, 0.29) is 5.97 Å². The number of carbonyl (C=O) groups excluding carboxylic acids is 1. The quantitative estimate of drug-likeness (QED) is 0.489. The molecule has 0 aliphatic heterocycles. The second-order valence-electron chi connectivity index (χ2n) is 2.89. The highest BCUT2D eigenvalue weighted by Gasteiger charge is 2.15. The molecule has 0 saturated heterocycles. The maximum absolute atomic E-state index is 11.5. The molecular formula is C11H12BrNO2S. The molecule has 0 spiro atoms. The monoisotopic (exact) mass is 301 g/mol. The van der Waals surface area contributed by atoms with Gasteiger partial charge in [0.15, 0.2) is 5.01 Å². The molecule has 0 unspecified atom stereocenters. The zero-order valence-electron chi connectivity index (χ0n) is 9.17. The van der Waals surface area contributed by atoms with Crippen LogP contribution >= 0.6 is 27.3 Å². The van der Waals surface area contributed by atoms with E-state index in [0.29, 0.717) is 22.2 Å². The molecule has 0 aliphatic carbocycles. The van der Waals surface area contributed by atoms with Gasteiger partial charge in [0.2, 0.25) is 0 Å². The summed E-state index contributed by atoms with van der Waals surface area (Å²) < 4.78 is 4.92. The SMILES string of the molecule is CCOC(=O)c1sc(C#CCCBr)nc1C. The summed E-state index contributed by atoms with van der Waals surface area (Å²) >= 11 is 4.58. The van der Waals surface area contributed by atoms with Gasteiger partial charge >= 0.3 is 5.97 Å². The lowest BCUT2D eigenvalue weighted by Gasteiger charge is -1.97. The number of alkyl halides is 1. The van der Waals surface area contributed by atoms with Gasteiger partial charge in [-0.05, 0) is 19.8 Å². The molecule has 0 aromatic carbocycles. The molecule has 1 aromatic heterocycles. The first kappa shape index (κ1) is 13.2. The summed E-state index contributed by atoms with van der Waals surface area (Å²) in [6, 6.07) is 0. The average molecular weight is 302 g/mol. The number of rotatable bonds is 3. The fourth-order valence-electron chi connectivity index (χ4n) is 1.02. The van der Waals surface area contributed by atoms with Crippen LogP contribution in [-0.4, -0.2) is 22.9 Å². The zero-order chi connectivity index (χ0) is 12.0. The predicted molar refractivity (Wildman–Crippen MR) is 68.1 cm³/mol. The largest absolute Gasteiger partial charge is 0.462 e. The highest BCUT2D eigenvalue weighted by molar-refractivity contribution is 9.09. The lowest BCUT2D eigenvalue weighted by molar-refractivity contribution is 0.0531. The standard InChI is InChI=1S/C11H12BrNO2S/c1-3-15-11(14)10-8(2)13-9(16-10)6-4-5-7-12/h3,5,7H2,1-2H3. The first-order chi connectivity index (χ1) is 7.69.